The molecule has 0 aliphatic heterocycles. The SMILES string of the molecule is CCC(NC(=O)C(C)Oc1cc(C)ccc1C(C)C)c1ccc(OC)c(OC)c1. The second-order valence-electron chi connectivity index (χ2n) is 7.54. The minimum Gasteiger partial charge on any atom is -0.493 e. The van der Waals surface area contributed by atoms with Crippen LogP contribution in [-0.4, -0.2) is 26.2 Å². The average molecular weight is 400 g/mol. The van der Waals surface area contributed by atoms with Crippen LogP contribution in [0.15, 0.2) is 36.4 Å². The molecule has 2 rings (SSSR count). The first-order valence-electron chi connectivity index (χ1n) is 10.1. The Balaban J connectivity index is 2.15. The van der Waals surface area contributed by atoms with E-state index in [1.807, 2.05) is 38.1 Å². The van der Waals surface area contributed by atoms with Gasteiger partial charge in [0.25, 0.3) is 5.91 Å². The van der Waals surface area contributed by atoms with Crippen molar-refractivity contribution >= 4 is 5.91 Å². The van der Waals surface area contributed by atoms with Gasteiger partial charge in [0.05, 0.1) is 20.3 Å². The molecule has 2 atom stereocenters. The predicted molar refractivity (Wildman–Crippen MR) is 116 cm³/mol. The van der Waals surface area contributed by atoms with E-state index >= 15 is 0 Å². The van der Waals surface area contributed by atoms with Gasteiger partial charge in [0.1, 0.15) is 5.75 Å². The van der Waals surface area contributed by atoms with Crippen LogP contribution < -0.4 is 19.5 Å². The maximum absolute atomic E-state index is 12.8. The molecule has 0 aliphatic carbocycles. The fourth-order valence-corrected chi connectivity index (χ4v) is 3.24. The summed E-state index contributed by atoms with van der Waals surface area (Å²) in [5.74, 6) is 2.24. The molecule has 0 bridgehead atoms. The number of methoxy groups -OCH3 is 2. The van der Waals surface area contributed by atoms with Crippen LogP contribution in [0.5, 0.6) is 17.2 Å². The Morgan fingerprint density at radius 3 is 2.24 bits per heavy atom. The Morgan fingerprint density at radius 1 is 0.966 bits per heavy atom. The summed E-state index contributed by atoms with van der Waals surface area (Å²) in [5.41, 5.74) is 3.17. The Bertz CT molecular complexity index is 832. The van der Waals surface area contributed by atoms with Gasteiger partial charge in [0, 0.05) is 0 Å². The zero-order valence-electron chi connectivity index (χ0n) is 18.5. The van der Waals surface area contributed by atoms with E-state index in [2.05, 4.69) is 31.3 Å². The highest BCUT2D eigenvalue weighted by molar-refractivity contribution is 5.81. The number of benzene rings is 2. The first kappa shape index (κ1) is 22.6. The maximum atomic E-state index is 12.8. The lowest BCUT2D eigenvalue weighted by molar-refractivity contribution is -0.128. The Kier molecular flexibility index (Phi) is 7.94. The molecular weight excluding hydrogens is 366 g/mol. The molecule has 0 spiro atoms. The first-order chi connectivity index (χ1) is 13.8. The molecule has 5 heteroatoms. The zero-order valence-corrected chi connectivity index (χ0v) is 18.5. The van der Waals surface area contributed by atoms with Crippen LogP contribution in [0.2, 0.25) is 0 Å². The fourth-order valence-electron chi connectivity index (χ4n) is 3.24. The molecule has 2 aromatic carbocycles. The molecule has 0 aromatic heterocycles. The van der Waals surface area contributed by atoms with Crippen molar-refractivity contribution in [3.05, 3.63) is 53.1 Å². The average Bonchev–Trinajstić information content (AvgIpc) is 2.70. The summed E-state index contributed by atoms with van der Waals surface area (Å²) in [5, 5.41) is 3.09. The lowest BCUT2D eigenvalue weighted by Crippen LogP contribution is -2.38. The molecule has 2 aromatic rings. The Hall–Kier alpha value is -2.69. The Morgan fingerprint density at radius 2 is 1.66 bits per heavy atom. The molecule has 1 N–H and O–H groups in total. The van der Waals surface area contributed by atoms with Crippen LogP contribution in [0.4, 0.5) is 0 Å². The quantitative estimate of drug-likeness (QED) is 0.632. The molecule has 158 valence electrons. The Labute approximate surface area is 174 Å². The van der Waals surface area contributed by atoms with E-state index in [0.717, 1.165) is 28.9 Å². The second-order valence-corrected chi connectivity index (χ2v) is 7.54. The third kappa shape index (κ3) is 5.66. The highest BCUT2D eigenvalue weighted by Gasteiger charge is 2.22. The van der Waals surface area contributed by atoms with Gasteiger partial charge < -0.3 is 19.5 Å². The van der Waals surface area contributed by atoms with Gasteiger partial charge in [0.15, 0.2) is 17.6 Å². The molecule has 2 unspecified atom stereocenters. The number of carbonyl (C=O) groups is 1. The third-order valence-electron chi connectivity index (χ3n) is 5.00. The van der Waals surface area contributed by atoms with Crippen LogP contribution in [0.25, 0.3) is 0 Å². The van der Waals surface area contributed by atoms with Gasteiger partial charge in [0.2, 0.25) is 0 Å². The van der Waals surface area contributed by atoms with Crippen LogP contribution in [-0.2, 0) is 4.79 Å². The minimum atomic E-state index is -0.608. The highest BCUT2D eigenvalue weighted by atomic mass is 16.5. The monoisotopic (exact) mass is 399 g/mol. The summed E-state index contributed by atoms with van der Waals surface area (Å²) in [6.45, 7) is 10.1. The molecule has 1 amide bonds. The molecule has 0 heterocycles. The van der Waals surface area contributed by atoms with Crippen molar-refractivity contribution in [1.29, 1.82) is 0 Å². The van der Waals surface area contributed by atoms with Gasteiger partial charge >= 0.3 is 0 Å². The zero-order chi connectivity index (χ0) is 21.6. The van der Waals surface area contributed by atoms with E-state index in [4.69, 9.17) is 14.2 Å². The molecule has 5 nitrogen and oxygen atoms in total. The van der Waals surface area contributed by atoms with E-state index in [9.17, 15) is 4.79 Å². The molecular formula is C24H33NO4. The summed E-state index contributed by atoms with van der Waals surface area (Å²) in [7, 11) is 3.21. The molecule has 0 saturated carbocycles. The number of rotatable bonds is 9. The van der Waals surface area contributed by atoms with Crippen molar-refractivity contribution in [2.24, 2.45) is 0 Å². The fraction of sp³-hybridized carbons (Fsp3) is 0.458. The molecule has 0 aliphatic rings. The first-order valence-corrected chi connectivity index (χ1v) is 10.1. The number of carbonyl (C=O) groups excluding carboxylic acids is 1. The van der Waals surface area contributed by atoms with Gasteiger partial charge in [-0.3, -0.25) is 4.79 Å². The largest absolute Gasteiger partial charge is 0.493 e. The van der Waals surface area contributed by atoms with Gasteiger partial charge in [-0.15, -0.1) is 0 Å². The number of hydrogen-bond donors (Lipinski definition) is 1. The number of aryl methyl sites for hydroxylation is 1. The van der Waals surface area contributed by atoms with Gasteiger partial charge in [-0.2, -0.15) is 0 Å². The normalized spacial score (nSPS) is 13.0. The minimum absolute atomic E-state index is 0.143. The topological polar surface area (TPSA) is 56.8 Å². The van der Waals surface area contributed by atoms with E-state index in [1.165, 1.54) is 0 Å². The summed E-state index contributed by atoms with van der Waals surface area (Å²) >= 11 is 0. The number of amides is 1. The van der Waals surface area contributed by atoms with Crippen molar-refractivity contribution in [2.45, 2.75) is 59.1 Å². The van der Waals surface area contributed by atoms with Crippen molar-refractivity contribution in [1.82, 2.24) is 5.32 Å². The highest BCUT2D eigenvalue weighted by Crippen LogP contribution is 2.31. The number of nitrogens with one attached hydrogen (secondary N) is 1. The summed E-state index contributed by atoms with van der Waals surface area (Å²) < 4.78 is 16.7. The maximum Gasteiger partial charge on any atom is 0.261 e. The van der Waals surface area contributed by atoms with Gasteiger partial charge in [-0.05, 0) is 61.1 Å². The molecule has 0 radical (unpaired) electrons. The predicted octanol–water partition coefficient (Wildman–Crippen LogP) is 5.17. The van der Waals surface area contributed by atoms with E-state index in [0.29, 0.717) is 17.4 Å². The van der Waals surface area contributed by atoms with Crippen LogP contribution in [0, 0.1) is 6.92 Å². The van der Waals surface area contributed by atoms with Crippen LogP contribution >= 0.6 is 0 Å². The molecule has 0 saturated heterocycles. The van der Waals surface area contributed by atoms with Crippen molar-refractivity contribution in [2.75, 3.05) is 14.2 Å². The molecule has 0 fully saturated rings. The van der Waals surface area contributed by atoms with Gasteiger partial charge in [-0.1, -0.05) is 39.0 Å². The van der Waals surface area contributed by atoms with Crippen LogP contribution in [0.1, 0.15) is 62.8 Å². The van der Waals surface area contributed by atoms with Crippen LogP contribution in [0.3, 0.4) is 0 Å². The van der Waals surface area contributed by atoms with Crippen molar-refractivity contribution in [3.8, 4) is 17.2 Å². The smallest absolute Gasteiger partial charge is 0.261 e. The van der Waals surface area contributed by atoms with E-state index < -0.39 is 6.10 Å². The number of ether oxygens (including phenoxy) is 3. The summed E-state index contributed by atoms with van der Waals surface area (Å²) in [4.78, 5) is 12.8. The lowest BCUT2D eigenvalue weighted by atomic mass is 10.0. The van der Waals surface area contributed by atoms with Crippen molar-refractivity contribution in [3.63, 3.8) is 0 Å². The van der Waals surface area contributed by atoms with Gasteiger partial charge in [-0.25, -0.2) is 0 Å². The summed E-state index contributed by atoms with van der Waals surface area (Å²) in [6.07, 6.45) is 0.138. The molecule has 29 heavy (non-hydrogen) atoms. The standard InChI is InChI=1S/C24H33NO4/c1-8-20(18-10-12-21(27-6)23(14-18)28-7)25-24(26)17(5)29-22-13-16(4)9-11-19(22)15(2)3/h9-15,17,20H,8H2,1-7H3,(H,25,26). The van der Waals surface area contributed by atoms with Crippen molar-refractivity contribution < 1.29 is 19.0 Å². The van der Waals surface area contributed by atoms with E-state index in [1.54, 1.807) is 21.1 Å². The van der Waals surface area contributed by atoms with E-state index in [-0.39, 0.29) is 11.9 Å². The second kappa shape index (κ2) is 10.2. The lowest BCUT2D eigenvalue weighted by Gasteiger charge is -2.23. The summed E-state index contributed by atoms with van der Waals surface area (Å²) in [6, 6.07) is 11.7. The third-order valence-corrected chi connectivity index (χ3v) is 5.00. The number of hydrogen-bond acceptors (Lipinski definition) is 4.